The first-order valence-corrected chi connectivity index (χ1v) is 10.3. The minimum Gasteiger partial charge on any atom is -0.457 e. The zero-order chi connectivity index (χ0) is 21.2. The second kappa shape index (κ2) is 6.48. The van der Waals surface area contributed by atoms with Gasteiger partial charge in [-0.2, -0.15) is 0 Å². The molecule has 5 nitrogen and oxygen atoms in total. The Kier molecular flexibility index (Phi) is 4.52. The summed E-state index contributed by atoms with van der Waals surface area (Å²) in [5, 5.41) is 1.15. The summed E-state index contributed by atoms with van der Waals surface area (Å²) < 4.78 is 20.1. The van der Waals surface area contributed by atoms with Gasteiger partial charge in [0.15, 0.2) is 0 Å². The van der Waals surface area contributed by atoms with Crippen molar-refractivity contribution in [3.8, 4) is 0 Å². The fraction of sp³-hybridized carbons (Fsp3) is 0.522. The van der Waals surface area contributed by atoms with Gasteiger partial charge in [-0.15, -0.1) is 0 Å². The Morgan fingerprint density at radius 3 is 2.38 bits per heavy atom. The molecule has 0 unspecified atom stereocenters. The fourth-order valence-electron chi connectivity index (χ4n) is 3.90. The van der Waals surface area contributed by atoms with Crippen LogP contribution in [0, 0.1) is 0 Å². The van der Waals surface area contributed by atoms with Gasteiger partial charge in [0, 0.05) is 22.9 Å². The van der Waals surface area contributed by atoms with Crippen LogP contribution in [0.25, 0.3) is 16.6 Å². The maximum Gasteiger partial charge on any atom is 0.494 e. The van der Waals surface area contributed by atoms with E-state index >= 15 is 0 Å². The topological polar surface area (TPSA) is 49.7 Å². The summed E-state index contributed by atoms with van der Waals surface area (Å²) in [5.41, 5.74) is 2.97. The molecule has 2 aromatic rings. The van der Waals surface area contributed by atoms with E-state index in [2.05, 4.69) is 56.5 Å². The number of nitrogens with zero attached hydrogens (tertiary/aromatic N) is 1. The highest BCUT2D eigenvalue weighted by atomic mass is 16.7. The van der Waals surface area contributed by atoms with E-state index in [-0.39, 0.29) is 17.2 Å². The number of carbonyl (C=O) groups excluding carboxylic acids is 1. The van der Waals surface area contributed by atoms with Crippen molar-refractivity contribution in [2.24, 2.45) is 0 Å². The number of fused-ring (bicyclic) bond motifs is 3. The normalized spacial score (nSPS) is 21.8. The first-order valence-electron chi connectivity index (χ1n) is 10.3. The Balaban J connectivity index is 1.70. The molecule has 3 heterocycles. The quantitative estimate of drug-likeness (QED) is 0.437. The number of benzene rings is 1. The van der Waals surface area contributed by atoms with Gasteiger partial charge in [-0.05, 0) is 78.9 Å². The van der Waals surface area contributed by atoms with Crippen LogP contribution in [0.5, 0.6) is 0 Å². The van der Waals surface area contributed by atoms with E-state index in [0.29, 0.717) is 0 Å². The molecule has 1 aromatic carbocycles. The number of esters is 1. The molecule has 154 valence electrons. The molecule has 0 aliphatic carbocycles. The molecule has 0 bridgehead atoms. The molecule has 0 radical (unpaired) electrons. The molecule has 0 saturated carbocycles. The third-order valence-corrected chi connectivity index (χ3v) is 6.05. The van der Waals surface area contributed by atoms with Crippen LogP contribution in [0.15, 0.2) is 30.3 Å². The molecule has 1 fully saturated rings. The summed E-state index contributed by atoms with van der Waals surface area (Å²) >= 11 is 0. The average molecular weight is 395 g/mol. The van der Waals surface area contributed by atoms with Gasteiger partial charge in [0.25, 0.3) is 0 Å². The molecule has 2 aliphatic heterocycles. The molecule has 6 heteroatoms. The van der Waals surface area contributed by atoms with Crippen LogP contribution in [-0.2, 0) is 25.3 Å². The van der Waals surface area contributed by atoms with Crippen molar-refractivity contribution in [2.45, 2.75) is 78.1 Å². The number of ether oxygens (including phenoxy) is 1. The van der Waals surface area contributed by atoms with Gasteiger partial charge in [0.2, 0.25) is 0 Å². The van der Waals surface area contributed by atoms with Gasteiger partial charge >= 0.3 is 13.1 Å². The summed E-state index contributed by atoms with van der Waals surface area (Å²) in [7, 11) is -0.407. The van der Waals surface area contributed by atoms with Gasteiger partial charge in [-0.1, -0.05) is 12.1 Å². The molecule has 4 rings (SSSR count). The van der Waals surface area contributed by atoms with Crippen molar-refractivity contribution in [3.63, 3.8) is 0 Å². The zero-order valence-electron chi connectivity index (χ0n) is 18.5. The maximum atomic E-state index is 12.3. The van der Waals surface area contributed by atoms with Crippen LogP contribution < -0.4 is 5.46 Å². The molecule has 29 heavy (non-hydrogen) atoms. The van der Waals surface area contributed by atoms with E-state index in [4.69, 9.17) is 14.0 Å². The smallest absolute Gasteiger partial charge is 0.457 e. The number of hydrogen-bond acceptors (Lipinski definition) is 4. The second-order valence-corrected chi connectivity index (χ2v) is 10.0. The standard InChI is InChI=1S/C23H30BNO4/c1-21(2,3)27-20(26)14-18-11-10-17-12-15-8-9-16(13-19(15)25(17)18)24-28-22(4,5)23(6,7)29-24/h8-9,12-14H,10-11H2,1-7H3. The molecule has 2 aliphatic rings. The summed E-state index contributed by atoms with van der Waals surface area (Å²) in [6.45, 7) is 13.9. The SMILES string of the molecule is CC(C)(C)OC(=O)C=C1CCc2cc3ccc(B4OC(C)(C)C(C)(C)O4)cc3n21. The highest BCUT2D eigenvalue weighted by Gasteiger charge is 2.51. The monoisotopic (exact) mass is 395 g/mol. The van der Waals surface area contributed by atoms with E-state index in [1.54, 1.807) is 6.08 Å². The van der Waals surface area contributed by atoms with Crippen molar-refractivity contribution in [1.82, 2.24) is 4.57 Å². The zero-order valence-corrected chi connectivity index (χ0v) is 18.5. The number of rotatable bonds is 2. The average Bonchev–Trinajstić information content (AvgIpc) is 3.17. The lowest BCUT2D eigenvalue weighted by Gasteiger charge is -2.32. The highest BCUT2D eigenvalue weighted by molar-refractivity contribution is 6.62. The molecule has 0 atom stereocenters. The highest BCUT2D eigenvalue weighted by Crippen LogP contribution is 2.37. The van der Waals surface area contributed by atoms with Gasteiger partial charge in [0.1, 0.15) is 5.60 Å². The molecule has 0 spiro atoms. The summed E-state index contributed by atoms with van der Waals surface area (Å²) in [6.07, 6.45) is 3.36. The van der Waals surface area contributed by atoms with Gasteiger partial charge in [-0.3, -0.25) is 0 Å². The molecule has 0 N–H and O–H groups in total. The fourth-order valence-corrected chi connectivity index (χ4v) is 3.90. The van der Waals surface area contributed by atoms with Crippen molar-refractivity contribution >= 4 is 35.2 Å². The van der Waals surface area contributed by atoms with Gasteiger partial charge in [0.05, 0.1) is 16.7 Å². The van der Waals surface area contributed by atoms with Crippen molar-refractivity contribution in [2.75, 3.05) is 0 Å². The van der Waals surface area contributed by atoms with E-state index in [0.717, 1.165) is 34.9 Å². The third kappa shape index (κ3) is 3.64. The molecule has 0 amide bonds. The third-order valence-electron chi connectivity index (χ3n) is 6.05. The lowest BCUT2D eigenvalue weighted by Crippen LogP contribution is -2.41. The molecular formula is C23H30BNO4. The Hall–Kier alpha value is -2.05. The summed E-state index contributed by atoms with van der Waals surface area (Å²) in [6, 6.07) is 8.48. The van der Waals surface area contributed by atoms with E-state index in [1.807, 2.05) is 20.8 Å². The van der Waals surface area contributed by atoms with E-state index < -0.39 is 12.7 Å². The minimum atomic E-state index is -0.502. The Morgan fingerprint density at radius 2 is 1.76 bits per heavy atom. The van der Waals surface area contributed by atoms with Crippen LogP contribution in [-0.4, -0.2) is 34.5 Å². The van der Waals surface area contributed by atoms with Crippen molar-refractivity contribution in [1.29, 1.82) is 0 Å². The number of carbonyl (C=O) groups is 1. The molecule has 1 aromatic heterocycles. The van der Waals surface area contributed by atoms with E-state index in [9.17, 15) is 4.79 Å². The maximum absolute atomic E-state index is 12.3. The first kappa shape index (κ1) is 20.2. The van der Waals surface area contributed by atoms with E-state index in [1.165, 1.54) is 5.69 Å². The lowest BCUT2D eigenvalue weighted by molar-refractivity contribution is -0.148. The van der Waals surface area contributed by atoms with Gasteiger partial charge < -0.3 is 18.6 Å². The van der Waals surface area contributed by atoms with Crippen molar-refractivity contribution < 1.29 is 18.8 Å². The Labute approximate surface area is 173 Å². The Bertz CT molecular complexity index is 994. The van der Waals surface area contributed by atoms with Crippen molar-refractivity contribution in [3.05, 3.63) is 36.0 Å². The van der Waals surface area contributed by atoms with Crippen LogP contribution in [0.1, 0.15) is 60.6 Å². The minimum absolute atomic E-state index is 0.302. The predicted molar refractivity (Wildman–Crippen MR) is 116 cm³/mol. The first-order chi connectivity index (χ1) is 13.4. The molecular weight excluding hydrogens is 365 g/mol. The van der Waals surface area contributed by atoms with Crippen LogP contribution >= 0.6 is 0 Å². The lowest BCUT2D eigenvalue weighted by atomic mass is 9.79. The van der Waals surface area contributed by atoms with Crippen LogP contribution in [0.2, 0.25) is 0 Å². The van der Waals surface area contributed by atoms with Crippen LogP contribution in [0.4, 0.5) is 0 Å². The summed E-state index contributed by atoms with van der Waals surface area (Å²) in [4.78, 5) is 12.3. The van der Waals surface area contributed by atoms with Gasteiger partial charge in [-0.25, -0.2) is 4.79 Å². The number of allylic oxidation sites excluding steroid dienone is 1. The number of aromatic nitrogens is 1. The van der Waals surface area contributed by atoms with Crippen LogP contribution in [0.3, 0.4) is 0 Å². The molecule has 1 saturated heterocycles. The number of aryl methyl sites for hydroxylation is 1. The predicted octanol–water partition coefficient (Wildman–Crippen LogP) is 4.07. The summed E-state index contributed by atoms with van der Waals surface area (Å²) in [5.74, 6) is -0.302. The number of hydrogen-bond donors (Lipinski definition) is 0. The Morgan fingerprint density at radius 1 is 1.10 bits per heavy atom. The second-order valence-electron chi connectivity index (χ2n) is 10.0. The largest absolute Gasteiger partial charge is 0.494 e.